The third kappa shape index (κ3) is 5.47. The quantitative estimate of drug-likeness (QED) is 0.579. The van der Waals surface area contributed by atoms with Crippen molar-refractivity contribution in [2.24, 2.45) is 0 Å². The Bertz CT molecular complexity index is 764. The smallest absolute Gasteiger partial charge is 0.417 e. The number of carboxylic acid groups (broad SMARTS) is 1. The van der Waals surface area contributed by atoms with Crippen LogP contribution in [0.4, 0.5) is 13.2 Å². The first-order valence-electron chi connectivity index (χ1n) is 6.88. The second-order valence-electron chi connectivity index (χ2n) is 4.96. The predicted octanol–water partition coefficient (Wildman–Crippen LogP) is 4.57. The molecule has 0 fully saturated rings. The lowest BCUT2D eigenvalue weighted by Crippen LogP contribution is -2.20. The van der Waals surface area contributed by atoms with Crippen molar-refractivity contribution in [2.75, 3.05) is 0 Å². The van der Waals surface area contributed by atoms with Crippen LogP contribution in [0.1, 0.15) is 22.3 Å². The fourth-order valence-electron chi connectivity index (χ4n) is 1.86. The van der Waals surface area contributed by atoms with Crippen LogP contribution in [-0.2, 0) is 11.0 Å². The average molecular weight is 390 g/mol. The molecule has 0 aliphatic heterocycles. The number of aromatic nitrogens is 1. The largest absolute Gasteiger partial charge is 0.480 e. The number of hydrogen-bond donors (Lipinski definition) is 1. The molecular weight excluding hydrogens is 379 g/mol. The summed E-state index contributed by atoms with van der Waals surface area (Å²) in [5, 5.41) is 8.61. The lowest BCUT2D eigenvalue weighted by Gasteiger charge is -2.12. The van der Waals surface area contributed by atoms with Crippen LogP contribution in [0, 0.1) is 0 Å². The third-order valence-electron chi connectivity index (χ3n) is 3.14. The number of ketones is 1. The van der Waals surface area contributed by atoms with Gasteiger partial charge in [0, 0.05) is 23.2 Å². The number of rotatable bonds is 6. The van der Waals surface area contributed by atoms with E-state index in [2.05, 4.69) is 4.98 Å². The summed E-state index contributed by atoms with van der Waals surface area (Å²) in [4.78, 5) is 27.1. The second kappa shape index (κ2) is 7.88. The summed E-state index contributed by atoms with van der Waals surface area (Å²) in [6.45, 7) is 0. The minimum Gasteiger partial charge on any atom is -0.480 e. The lowest BCUT2D eigenvalue weighted by molar-refractivity contribution is -0.138. The van der Waals surface area contributed by atoms with Crippen molar-refractivity contribution in [1.82, 2.24) is 4.98 Å². The zero-order valence-corrected chi connectivity index (χ0v) is 14.0. The molecule has 0 saturated heterocycles. The number of benzene rings is 1. The SMILES string of the molecule is O=C(C[C@@H](Sc1ccc(C(F)(F)F)cn1)C(=O)O)c1ccc(Cl)cc1. The lowest BCUT2D eigenvalue weighted by atomic mass is 10.1. The van der Waals surface area contributed by atoms with Crippen molar-refractivity contribution >= 4 is 35.1 Å². The van der Waals surface area contributed by atoms with Crippen LogP contribution in [0.5, 0.6) is 0 Å². The number of pyridine rings is 1. The number of thioether (sulfide) groups is 1. The van der Waals surface area contributed by atoms with Gasteiger partial charge in [0.25, 0.3) is 0 Å². The Balaban J connectivity index is 2.09. The Morgan fingerprint density at radius 1 is 1.16 bits per heavy atom. The van der Waals surface area contributed by atoms with Gasteiger partial charge in [0.05, 0.1) is 10.6 Å². The molecule has 0 bridgehead atoms. The van der Waals surface area contributed by atoms with Gasteiger partial charge < -0.3 is 5.11 Å². The fourth-order valence-corrected chi connectivity index (χ4v) is 2.88. The molecule has 0 saturated carbocycles. The molecular formula is C16H11ClF3NO3S. The van der Waals surface area contributed by atoms with Crippen LogP contribution < -0.4 is 0 Å². The van der Waals surface area contributed by atoms with Crippen LogP contribution in [0.3, 0.4) is 0 Å². The van der Waals surface area contributed by atoms with Gasteiger partial charge in [-0.2, -0.15) is 13.2 Å². The molecule has 4 nitrogen and oxygen atoms in total. The van der Waals surface area contributed by atoms with Gasteiger partial charge in [-0.3, -0.25) is 9.59 Å². The third-order valence-corrected chi connectivity index (χ3v) is 4.53. The van der Waals surface area contributed by atoms with E-state index in [1.54, 1.807) is 0 Å². The van der Waals surface area contributed by atoms with E-state index >= 15 is 0 Å². The van der Waals surface area contributed by atoms with E-state index in [1.807, 2.05) is 0 Å². The Labute approximate surface area is 150 Å². The molecule has 0 amide bonds. The number of Topliss-reactive ketones (excluding diaryl/α,β-unsaturated/α-hetero) is 1. The molecule has 25 heavy (non-hydrogen) atoms. The molecule has 132 valence electrons. The number of carbonyl (C=O) groups is 2. The van der Waals surface area contributed by atoms with E-state index in [-0.39, 0.29) is 11.4 Å². The number of carbonyl (C=O) groups excluding carboxylic acids is 1. The maximum Gasteiger partial charge on any atom is 0.417 e. The molecule has 2 rings (SSSR count). The maximum atomic E-state index is 12.5. The van der Waals surface area contributed by atoms with E-state index in [4.69, 9.17) is 11.6 Å². The molecule has 0 unspecified atom stereocenters. The minimum absolute atomic E-state index is 0.0873. The van der Waals surface area contributed by atoms with Gasteiger partial charge in [-0.1, -0.05) is 23.4 Å². The highest BCUT2D eigenvalue weighted by Gasteiger charge is 2.31. The first-order valence-corrected chi connectivity index (χ1v) is 8.14. The van der Waals surface area contributed by atoms with Crippen molar-refractivity contribution < 1.29 is 27.9 Å². The Morgan fingerprint density at radius 2 is 1.80 bits per heavy atom. The average Bonchev–Trinajstić information content (AvgIpc) is 2.54. The highest BCUT2D eigenvalue weighted by atomic mass is 35.5. The molecule has 1 aromatic heterocycles. The van der Waals surface area contributed by atoms with E-state index in [0.29, 0.717) is 16.8 Å². The van der Waals surface area contributed by atoms with Gasteiger partial charge in [-0.15, -0.1) is 0 Å². The van der Waals surface area contributed by atoms with Gasteiger partial charge in [0.15, 0.2) is 5.78 Å². The van der Waals surface area contributed by atoms with Gasteiger partial charge in [0.1, 0.15) is 5.25 Å². The zero-order chi connectivity index (χ0) is 18.6. The number of carboxylic acids is 1. The standard InChI is InChI=1S/C16H11ClF3NO3S/c17-11-4-1-9(2-5-11)12(22)7-13(15(23)24)25-14-6-3-10(8-21-14)16(18,19)20/h1-6,8,13H,7H2,(H,23,24)/t13-/m1/s1. The minimum atomic E-state index is -4.52. The molecule has 0 aliphatic carbocycles. The number of halogens is 4. The van der Waals surface area contributed by atoms with Crippen molar-refractivity contribution in [3.8, 4) is 0 Å². The van der Waals surface area contributed by atoms with Gasteiger partial charge in [0.2, 0.25) is 0 Å². The normalized spacial score (nSPS) is 12.6. The molecule has 1 atom stereocenters. The van der Waals surface area contributed by atoms with Crippen molar-refractivity contribution in [2.45, 2.75) is 22.9 Å². The van der Waals surface area contributed by atoms with E-state index < -0.39 is 28.7 Å². The summed E-state index contributed by atoms with van der Waals surface area (Å²) in [7, 11) is 0. The maximum absolute atomic E-state index is 12.5. The Kier molecular flexibility index (Phi) is 6.07. The number of aliphatic carboxylic acids is 1. The summed E-state index contributed by atoms with van der Waals surface area (Å²) in [5.74, 6) is -1.67. The first-order chi connectivity index (χ1) is 11.7. The molecule has 2 aromatic rings. The highest BCUT2D eigenvalue weighted by molar-refractivity contribution is 8.00. The summed E-state index contributed by atoms with van der Waals surface area (Å²) in [6, 6.07) is 7.87. The van der Waals surface area contributed by atoms with Gasteiger partial charge in [-0.25, -0.2) is 4.98 Å². The monoisotopic (exact) mass is 389 g/mol. The number of alkyl halides is 3. The van der Waals surface area contributed by atoms with Crippen LogP contribution in [0.2, 0.25) is 5.02 Å². The summed E-state index contributed by atoms with van der Waals surface area (Å²) in [5.41, 5.74) is -0.627. The molecule has 0 radical (unpaired) electrons. The molecule has 0 spiro atoms. The van der Waals surface area contributed by atoms with Crippen molar-refractivity contribution in [3.05, 3.63) is 58.7 Å². The van der Waals surface area contributed by atoms with E-state index in [0.717, 1.165) is 23.9 Å². The fraction of sp³-hybridized carbons (Fsp3) is 0.188. The highest BCUT2D eigenvalue weighted by Crippen LogP contribution is 2.31. The molecule has 1 heterocycles. The molecule has 0 aliphatic rings. The van der Waals surface area contributed by atoms with Gasteiger partial charge in [-0.05, 0) is 36.4 Å². The molecule has 1 aromatic carbocycles. The summed E-state index contributed by atoms with van der Waals surface area (Å²) < 4.78 is 37.5. The number of hydrogen-bond acceptors (Lipinski definition) is 4. The number of nitrogens with zero attached hydrogens (tertiary/aromatic N) is 1. The molecule has 9 heteroatoms. The second-order valence-corrected chi connectivity index (χ2v) is 6.62. The van der Waals surface area contributed by atoms with E-state index in [1.165, 1.54) is 24.3 Å². The summed E-state index contributed by atoms with van der Waals surface area (Å²) >= 11 is 6.44. The van der Waals surface area contributed by atoms with Crippen molar-refractivity contribution in [1.29, 1.82) is 0 Å². The van der Waals surface area contributed by atoms with Crippen LogP contribution in [-0.4, -0.2) is 27.1 Å². The van der Waals surface area contributed by atoms with Gasteiger partial charge >= 0.3 is 12.1 Å². The zero-order valence-electron chi connectivity index (χ0n) is 12.5. The Morgan fingerprint density at radius 3 is 2.28 bits per heavy atom. The first kappa shape index (κ1) is 19.3. The van der Waals surface area contributed by atoms with Crippen molar-refractivity contribution in [3.63, 3.8) is 0 Å². The van der Waals surface area contributed by atoms with Crippen LogP contribution in [0.25, 0.3) is 0 Å². The topological polar surface area (TPSA) is 67.3 Å². The predicted molar refractivity (Wildman–Crippen MR) is 86.9 cm³/mol. The van der Waals surface area contributed by atoms with Crippen LogP contribution in [0.15, 0.2) is 47.6 Å². The summed E-state index contributed by atoms with van der Waals surface area (Å²) in [6.07, 6.45) is -4.22. The molecule has 1 N–H and O–H groups in total. The van der Waals surface area contributed by atoms with E-state index in [9.17, 15) is 27.9 Å². The van der Waals surface area contributed by atoms with Crippen LogP contribution >= 0.6 is 23.4 Å². The Hall–Kier alpha value is -2.06.